The van der Waals surface area contributed by atoms with Crippen molar-refractivity contribution in [1.29, 1.82) is 0 Å². The lowest BCUT2D eigenvalue weighted by Gasteiger charge is -1.94. The molecule has 42 valence electrons. The Bertz CT molecular complexity index is 77.8. The molecule has 1 nitrogen and oxygen atoms in total. The van der Waals surface area contributed by atoms with E-state index in [4.69, 9.17) is 5.11 Å². The molecule has 1 unspecified atom stereocenters. The van der Waals surface area contributed by atoms with E-state index < -0.39 is 0 Å². The minimum absolute atomic E-state index is 0.206. The average Bonchev–Trinajstić information content (AvgIpc) is 1.65. The quantitative estimate of drug-likeness (QED) is 0.542. The Morgan fingerprint density at radius 2 is 2.29 bits per heavy atom. The van der Waals surface area contributed by atoms with Crippen molar-refractivity contribution in [3.05, 3.63) is 10.7 Å². The highest BCUT2D eigenvalue weighted by Gasteiger charge is 1.96. The third kappa shape index (κ3) is 3.12. The lowest BCUT2D eigenvalue weighted by molar-refractivity contribution is 0.470. The van der Waals surface area contributed by atoms with Crippen molar-refractivity contribution in [3.8, 4) is 0 Å². The maximum Gasteiger partial charge on any atom is 0.0904 e. The van der Waals surface area contributed by atoms with Crippen molar-refractivity contribution >= 4 is 31.9 Å². The average molecular weight is 230 g/mol. The number of halogens is 2. The van der Waals surface area contributed by atoms with Crippen molar-refractivity contribution in [1.82, 2.24) is 0 Å². The Labute approximate surface area is 59.7 Å². The van der Waals surface area contributed by atoms with E-state index in [1.165, 1.54) is 0 Å². The largest absolute Gasteiger partial charge is 0.515 e. The molecule has 0 aromatic heterocycles. The van der Waals surface area contributed by atoms with Crippen LogP contribution in [0.1, 0.15) is 6.92 Å². The van der Waals surface area contributed by atoms with Gasteiger partial charge in [0.05, 0.1) is 6.26 Å². The normalized spacial score (nSPS) is 16.7. The van der Waals surface area contributed by atoms with Gasteiger partial charge in [0.2, 0.25) is 0 Å². The van der Waals surface area contributed by atoms with Crippen LogP contribution in [0, 0.1) is 0 Å². The Kier molecular flexibility index (Phi) is 3.75. The van der Waals surface area contributed by atoms with Crippen LogP contribution in [0.2, 0.25) is 0 Å². The Morgan fingerprint density at radius 3 is 2.29 bits per heavy atom. The minimum atomic E-state index is 0.206. The van der Waals surface area contributed by atoms with E-state index in [-0.39, 0.29) is 4.83 Å². The van der Waals surface area contributed by atoms with E-state index in [2.05, 4.69) is 31.9 Å². The fourth-order valence-electron chi connectivity index (χ4n) is 0.103. The van der Waals surface area contributed by atoms with Crippen LogP contribution in [0.5, 0.6) is 0 Å². The van der Waals surface area contributed by atoms with E-state index in [9.17, 15) is 0 Å². The first-order valence-corrected chi connectivity index (χ1v) is 3.53. The van der Waals surface area contributed by atoms with Crippen molar-refractivity contribution in [2.24, 2.45) is 0 Å². The molecule has 0 saturated heterocycles. The Morgan fingerprint density at radius 1 is 1.86 bits per heavy atom. The summed E-state index contributed by atoms with van der Waals surface area (Å²) in [5.74, 6) is 0. The van der Waals surface area contributed by atoms with Gasteiger partial charge in [0, 0.05) is 9.31 Å². The predicted octanol–water partition coefficient (Wildman–Crippen LogP) is 2.56. The molecule has 7 heavy (non-hydrogen) atoms. The summed E-state index contributed by atoms with van der Waals surface area (Å²) in [6, 6.07) is 0. The zero-order valence-corrected chi connectivity index (χ0v) is 7.03. The van der Waals surface area contributed by atoms with Crippen molar-refractivity contribution in [2.75, 3.05) is 0 Å². The van der Waals surface area contributed by atoms with Gasteiger partial charge in [-0.05, 0) is 6.92 Å². The number of aliphatic hydroxyl groups excluding tert-OH is 1. The molecule has 0 spiro atoms. The van der Waals surface area contributed by atoms with Crippen LogP contribution < -0.4 is 0 Å². The number of aliphatic hydroxyl groups is 1. The molecule has 0 aromatic rings. The minimum Gasteiger partial charge on any atom is -0.515 e. The van der Waals surface area contributed by atoms with Gasteiger partial charge in [0.15, 0.2) is 0 Å². The van der Waals surface area contributed by atoms with Crippen LogP contribution in [0.3, 0.4) is 0 Å². The van der Waals surface area contributed by atoms with Crippen LogP contribution in [-0.2, 0) is 0 Å². The predicted molar refractivity (Wildman–Crippen MR) is 38.0 cm³/mol. The SMILES string of the molecule is CC(Br)C(Br)=CO. The van der Waals surface area contributed by atoms with Gasteiger partial charge in [-0.15, -0.1) is 0 Å². The summed E-state index contributed by atoms with van der Waals surface area (Å²) in [4.78, 5) is 0.206. The van der Waals surface area contributed by atoms with Crippen molar-refractivity contribution in [2.45, 2.75) is 11.8 Å². The Hall–Kier alpha value is 0.500. The fourth-order valence-corrected chi connectivity index (χ4v) is 0.221. The van der Waals surface area contributed by atoms with Crippen LogP contribution in [-0.4, -0.2) is 9.93 Å². The van der Waals surface area contributed by atoms with Crippen LogP contribution >= 0.6 is 31.9 Å². The van der Waals surface area contributed by atoms with Crippen molar-refractivity contribution < 1.29 is 5.11 Å². The first-order valence-electron chi connectivity index (χ1n) is 1.82. The van der Waals surface area contributed by atoms with Gasteiger partial charge in [-0.25, -0.2) is 0 Å². The summed E-state index contributed by atoms with van der Waals surface area (Å²) < 4.78 is 0.757. The Balaban J connectivity index is 3.56. The summed E-state index contributed by atoms with van der Waals surface area (Å²) in [6.45, 7) is 1.91. The molecule has 0 aliphatic heterocycles. The van der Waals surface area contributed by atoms with Crippen molar-refractivity contribution in [3.63, 3.8) is 0 Å². The van der Waals surface area contributed by atoms with E-state index in [0.717, 1.165) is 10.7 Å². The van der Waals surface area contributed by atoms with E-state index >= 15 is 0 Å². The number of alkyl halides is 1. The summed E-state index contributed by atoms with van der Waals surface area (Å²) >= 11 is 6.33. The molecule has 0 radical (unpaired) electrons. The molecule has 0 amide bonds. The number of allylic oxidation sites excluding steroid dienone is 1. The third-order valence-corrected chi connectivity index (χ3v) is 2.50. The number of hydrogen-bond acceptors (Lipinski definition) is 1. The van der Waals surface area contributed by atoms with Gasteiger partial charge in [-0.1, -0.05) is 31.9 Å². The summed E-state index contributed by atoms with van der Waals surface area (Å²) in [5.41, 5.74) is 0. The molecule has 0 aromatic carbocycles. The highest BCUT2D eigenvalue weighted by molar-refractivity contribution is 9.14. The second-order valence-electron chi connectivity index (χ2n) is 1.13. The first kappa shape index (κ1) is 7.50. The zero-order valence-electron chi connectivity index (χ0n) is 3.86. The van der Waals surface area contributed by atoms with E-state index in [1.807, 2.05) is 6.92 Å². The fraction of sp³-hybridized carbons (Fsp3) is 0.500. The molecular weight excluding hydrogens is 224 g/mol. The molecule has 0 heterocycles. The summed E-state index contributed by atoms with van der Waals surface area (Å²) in [6.07, 6.45) is 1.03. The molecule has 0 aliphatic carbocycles. The molecule has 3 heteroatoms. The third-order valence-electron chi connectivity index (χ3n) is 0.503. The number of rotatable bonds is 1. The maximum atomic E-state index is 8.27. The molecule has 0 saturated carbocycles. The van der Waals surface area contributed by atoms with Gasteiger partial charge in [-0.3, -0.25) is 0 Å². The lowest BCUT2D eigenvalue weighted by atomic mass is 10.5. The van der Waals surface area contributed by atoms with Gasteiger partial charge in [0.25, 0.3) is 0 Å². The lowest BCUT2D eigenvalue weighted by Crippen LogP contribution is -1.86. The van der Waals surface area contributed by atoms with Crippen LogP contribution in [0.15, 0.2) is 10.7 Å². The highest BCUT2D eigenvalue weighted by Crippen LogP contribution is 2.15. The first-order chi connectivity index (χ1) is 3.18. The van der Waals surface area contributed by atoms with Crippen LogP contribution in [0.4, 0.5) is 0 Å². The van der Waals surface area contributed by atoms with Gasteiger partial charge in [-0.2, -0.15) is 0 Å². The smallest absolute Gasteiger partial charge is 0.0904 e. The molecular formula is C4H6Br2O. The second-order valence-corrected chi connectivity index (χ2v) is 3.42. The van der Waals surface area contributed by atoms with Gasteiger partial charge in [0.1, 0.15) is 0 Å². The maximum absolute atomic E-state index is 8.27. The van der Waals surface area contributed by atoms with Gasteiger partial charge < -0.3 is 5.11 Å². The number of hydrogen-bond donors (Lipinski definition) is 1. The zero-order chi connectivity index (χ0) is 5.86. The molecule has 0 fully saturated rings. The molecule has 0 aliphatic rings. The van der Waals surface area contributed by atoms with Gasteiger partial charge >= 0.3 is 0 Å². The standard InChI is InChI=1S/C4H6Br2O/c1-3(5)4(6)2-7/h2-3,7H,1H3. The highest BCUT2D eigenvalue weighted by atomic mass is 79.9. The molecule has 1 N–H and O–H groups in total. The topological polar surface area (TPSA) is 20.2 Å². The van der Waals surface area contributed by atoms with Crippen LogP contribution in [0.25, 0.3) is 0 Å². The van der Waals surface area contributed by atoms with E-state index in [0.29, 0.717) is 0 Å². The molecule has 1 atom stereocenters. The molecule has 0 rings (SSSR count). The molecule has 0 bridgehead atoms. The monoisotopic (exact) mass is 228 g/mol. The second kappa shape index (κ2) is 3.50. The summed E-state index contributed by atoms with van der Waals surface area (Å²) in [5, 5.41) is 8.27. The van der Waals surface area contributed by atoms with E-state index in [1.54, 1.807) is 0 Å². The summed E-state index contributed by atoms with van der Waals surface area (Å²) in [7, 11) is 0.